The van der Waals surface area contributed by atoms with Crippen molar-refractivity contribution in [3.63, 3.8) is 0 Å². The van der Waals surface area contributed by atoms with Crippen molar-refractivity contribution in [3.8, 4) is 0 Å². The molecule has 0 unspecified atom stereocenters. The number of nitrogens with zero attached hydrogens (tertiary/aromatic N) is 1. The van der Waals surface area contributed by atoms with Crippen LogP contribution < -0.4 is 10.2 Å². The van der Waals surface area contributed by atoms with Crippen LogP contribution in [0, 0.1) is 0 Å². The maximum atomic E-state index is 11.9. The summed E-state index contributed by atoms with van der Waals surface area (Å²) in [5, 5.41) is 4.22. The molecule has 0 saturated carbocycles. The molecule has 4 nitrogen and oxygen atoms in total. The maximum Gasteiger partial charge on any atom is 0.226 e. The van der Waals surface area contributed by atoms with Gasteiger partial charge in [-0.25, -0.2) is 0 Å². The molecule has 3 aromatic rings. The highest BCUT2D eigenvalue weighted by Crippen LogP contribution is 2.30. The Bertz CT molecular complexity index is 837. The molecule has 2 heterocycles. The topological polar surface area (TPSA) is 48.1 Å². The predicted molar refractivity (Wildman–Crippen MR) is 89.0 cm³/mol. The van der Waals surface area contributed by atoms with Gasteiger partial charge in [0, 0.05) is 36.6 Å². The number of carbonyl (C=O) groups excluding carboxylic acids is 1. The second kappa shape index (κ2) is 5.22. The number of aromatic nitrogens is 1. The first-order valence-electron chi connectivity index (χ1n) is 7.50. The lowest BCUT2D eigenvalue weighted by Gasteiger charge is -2.24. The highest BCUT2D eigenvalue weighted by molar-refractivity contribution is 5.96. The molecule has 1 aliphatic rings. The number of carbonyl (C=O) groups is 1. The molecule has 4 heteroatoms. The first-order chi connectivity index (χ1) is 10.8. The van der Waals surface area contributed by atoms with Gasteiger partial charge < -0.3 is 15.2 Å². The van der Waals surface area contributed by atoms with Crippen molar-refractivity contribution in [2.75, 3.05) is 16.8 Å². The summed E-state index contributed by atoms with van der Waals surface area (Å²) < 4.78 is 0. The molecule has 2 aromatic carbocycles. The van der Waals surface area contributed by atoms with E-state index in [4.69, 9.17) is 0 Å². The molecule has 0 bridgehead atoms. The van der Waals surface area contributed by atoms with Crippen LogP contribution in [0.4, 0.5) is 11.4 Å². The highest BCUT2D eigenvalue weighted by atomic mass is 16.1. The zero-order valence-corrected chi connectivity index (χ0v) is 12.2. The summed E-state index contributed by atoms with van der Waals surface area (Å²) in [6.07, 6.45) is 2.48. The fraction of sp³-hybridized carbons (Fsp3) is 0.167. The molecule has 0 radical (unpaired) electrons. The monoisotopic (exact) mass is 291 g/mol. The van der Waals surface area contributed by atoms with E-state index in [-0.39, 0.29) is 5.91 Å². The number of nitrogens with one attached hydrogen (secondary N) is 2. The van der Waals surface area contributed by atoms with Crippen molar-refractivity contribution in [3.05, 3.63) is 60.3 Å². The summed E-state index contributed by atoms with van der Waals surface area (Å²) in [5.41, 5.74) is 4.39. The number of amides is 1. The second-order valence-electron chi connectivity index (χ2n) is 5.59. The number of fused-ring (bicyclic) bond motifs is 2. The Hall–Kier alpha value is -2.75. The quantitative estimate of drug-likeness (QED) is 0.759. The van der Waals surface area contributed by atoms with E-state index in [0.29, 0.717) is 6.42 Å². The molecule has 0 fully saturated rings. The van der Waals surface area contributed by atoms with Gasteiger partial charge in [-0.05, 0) is 29.8 Å². The highest BCUT2D eigenvalue weighted by Gasteiger charge is 2.19. The number of aromatic amines is 1. The molecule has 1 aromatic heterocycles. The lowest BCUT2D eigenvalue weighted by molar-refractivity contribution is -0.115. The van der Waals surface area contributed by atoms with Gasteiger partial charge in [-0.2, -0.15) is 0 Å². The first kappa shape index (κ1) is 13.0. The van der Waals surface area contributed by atoms with Gasteiger partial charge in [0.25, 0.3) is 0 Å². The van der Waals surface area contributed by atoms with Crippen LogP contribution in [0.5, 0.6) is 0 Å². The largest absolute Gasteiger partial charge is 0.365 e. The van der Waals surface area contributed by atoms with Crippen LogP contribution in [-0.4, -0.2) is 17.4 Å². The molecule has 2 N–H and O–H groups in total. The van der Waals surface area contributed by atoms with Crippen LogP contribution in [-0.2, 0) is 11.3 Å². The molecule has 0 saturated heterocycles. The SMILES string of the molecule is O=C1CCN(Cc2cccc3[nH]ccc23)c2ccccc2N1. The minimum absolute atomic E-state index is 0.0785. The third-order valence-corrected chi connectivity index (χ3v) is 4.17. The Kier molecular flexibility index (Phi) is 3.07. The number of rotatable bonds is 2. The Morgan fingerprint density at radius 3 is 2.91 bits per heavy atom. The molecule has 22 heavy (non-hydrogen) atoms. The van der Waals surface area contributed by atoms with E-state index >= 15 is 0 Å². The summed E-state index contributed by atoms with van der Waals surface area (Å²) in [5.74, 6) is 0.0785. The lowest BCUT2D eigenvalue weighted by Crippen LogP contribution is -2.24. The van der Waals surface area contributed by atoms with Crippen LogP contribution in [0.2, 0.25) is 0 Å². The average molecular weight is 291 g/mol. The van der Waals surface area contributed by atoms with E-state index in [1.807, 2.05) is 24.4 Å². The van der Waals surface area contributed by atoms with Crippen LogP contribution in [0.25, 0.3) is 10.9 Å². The minimum Gasteiger partial charge on any atom is -0.365 e. The van der Waals surface area contributed by atoms with Crippen molar-refractivity contribution in [2.45, 2.75) is 13.0 Å². The van der Waals surface area contributed by atoms with Crippen LogP contribution >= 0.6 is 0 Å². The fourth-order valence-electron chi connectivity index (χ4n) is 3.08. The van der Waals surface area contributed by atoms with Crippen LogP contribution in [0.3, 0.4) is 0 Å². The number of hydrogen-bond donors (Lipinski definition) is 2. The van der Waals surface area contributed by atoms with Crippen molar-refractivity contribution < 1.29 is 4.79 Å². The van der Waals surface area contributed by atoms with Gasteiger partial charge >= 0.3 is 0 Å². The molecule has 0 spiro atoms. The molecule has 0 aliphatic carbocycles. The molecule has 1 aliphatic heterocycles. The molecule has 110 valence electrons. The second-order valence-corrected chi connectivity index (χ2v) is 5.59. The molecule has 0 atom stereocenters. The van der Waals surface area contributed by atoms with Gasteiger partial charge in [-0.3, -0.25) is 4.79 Å². The average Bonchev–Trinajstić information content (AvgIpc) is 2.95. The summed E-state index contributed by atoms with van der Waals surface area (Å²) >= 11 is 0. The van der Waals surface area contributed by atoms with Crippen molar-refractivity contribution in [2.24, 2.45) is 0 Å². The van der Waals surface area contributed by atoms with E-state index in [1.165, 1.54) is 10.9 Å². The zero-order valence-electron chi connectivity index (χ0n) is 12.2. The number of H-pyrrole nitrogens is 1. The summed E-state index contributed by atoms with van der Waals surface area (Å²) in [7, 11) is 0. The normalized spacial score (nSPS) is 14.5. The van der Waals surface area contributed by atoms with Gasteiger partial charge in [0.2, 0.25) is 5.91 Å². The van der Waals surface area contributed by atoms with Gasteiger partial charge in [0.1, 0.15) is 0 Å². The van der Waals surface area contributed by atoms with Gasteiger partial charge in [-0.15, -0.1) is 0 Å². The van der Waals surface area contributed by atoms with Crippen LogP contribution in [0.1, 0.15) is 12.0 Å². The zero-order chi connectivity index (χ0) is 14.9. The third-order valence-electron chi connectivity index (χ3n) is 4.17. The van der Waals surface area contributed by atoms with E-state index in [0.717, 1.165) is 30.0 Å². The summed E-state index contributed by atoms with van der Waals surface area (Å²) in [6.45, 7) is 1.52. The van der Waals surface area contributed by atoms with Gasteiger partial charge in [0.05, 0.1) is 11.4 Å². The first-order valence-corrected chi connectivity index (χ1v) is 7.50. The summed E-state index contributed by atoms with van der Waals surface area (Å²) in [4.78, 5) is 17.4. The number of para-hydroxylation sites is 2. The molecule has 1 amide bonds. The molecule has 4 rings (SSSR count). The van der Waals surface area contributed by atoms with E-state index < -0.39 is 0 Å². The Labute approximate surface area is 128 Å². The van der Waals surface area contributed by atoms with Gasteiger partial charge in [-0.1, -0.05) is 24.3 Å². The number of anilines is 2. The fourth-order valence-corrected chi connectivity index (χ4v) is 3.08. The number of benzene rings is 2. The van der Waals surface area contributed by atoms with Crippen molar-refractivity contribution in [1.29, 1.82) is 0 Å². The smallest absolute Gasteiger partial charge is 0.226 e. The van der Waals surface area contributed by atoms with Gasteiger partial charge in [0.15, 0.2) is 0 Å². The third kappa shape index (κ3) is 2.22. The molecular formula is C18H17N3O. The number of hydrogen-bond acceptors (Lipinski definition) is 2. The standard InChI is InChI=1S/C18H17N3O/c22-18-9-11-21(17-7-2-1-5-16(17)20-18)12-13-4-3-6-15-14(13)8-10-19-15/h1-8,10,19H,9,11-12H2,(H,20,22). The molecular weight excluding hydrogens is 274 g/mol. The maximum absolute atomic E-state index is 11.9. The van der Waals surface area contributed by atoms with Crippen molar-refractivity contribution in [1.82, 2.24) is 4.98 Å². The Balaban J connectivity index is 1.73. The van der Waals surface area contributed by atoms with Crippen molar-refractivity contribution >= 4 is 28.2 Å². The minimum atomic E-state index is 0.0785. The van der Waals surface area contributed by atoms with E-state index in [9.17, 15) is 4.79 Å². The van der Waals surface area contributed by atoms with E-state index in [1.54, 1.807) is 0 Å². The van der Waals surface area contributed by atoms with E-state index in [2.05, 4.69) is 45.5 Å². The Morgan fingerprint density at radius 1 is 1.05 bits per heavy atom. The lowest BCUT2D eigenvalue weighted by atomic mass is 10.1. The predicted octanol–water partition coefficient (Wildman–Crippen LogP) is 3.52. The Morgan fingerprint density at radius 2 is 1.95 bits per heavy atom. The summed E-state index contributed by atoms with van der Waals surface area (Å²) in [6, 6.07) is 16.4. The van der Waals surface area contributed by atoms with Crippen LogP contribution in [0.15, 0.2) is 54.7 Å².